The van der Waals surface area contributed by atoms with E-state index in [4.69, 9.17) is 0 Å². The molecule has 0 aliphatic carbocycles. The number of non-ortho nitro benzene ring substituents is 1. The number of aryl methyl sites for hydroxylation is 1. The summed E-state index contributed by atoms with van der Waals surface area (Å²) in [6, 6.07) is 14.4. The van der Waals surface area contributed by atoms with Gasteiger partial charge in [0.2, 0.25) is 5.91 Å². The zero-order valence-electron chi connectivity index (χ0n) is 18.1. The largest absolute Gasteiger partial charge is 0.361 e. The fourth-order valence-corrected chi connectivity index (χ4v) is 5.02. The highest BCUT2D eigenvalue weighted by Crippen LogP contribution is 2.27. The highest BCUT2D eigenvalue weighted by Gasteiger charge is 2.27. The standard InChI is InChI=1S/C24H28N4O3S/c1-17-11-14-27(15-12-17)24(29)22(9-8-18-4-2-5-19(16-18)28(30)31)26-32-23-7-3-6-21-20(23)10-13-25-21/h2-7,10,13,16-17,22,25-26H,8-9,11-12,14-15H2,1H3. The van der Waals surface area contributed by atoms with E-state index in [0.717, 1.165) is 47.3 Å². The van der Waals surface area contributed by atoms with Crippen LogP contribution in [-0.2, 0) is 11.2 Å². The van der Waals surface area contributed by atoms with E-state index >= 15 is 0 Å². The van der Waals surface area contributed by atoms with Crippen molar-refractivity contribution in [3.63, 3.8) is 0 Å². The maximum absolute atomic E-state index is 13.4. The third-order valence-electron chi connectivity index (χ3n) is 6.10. The molecule has 168 valence electrons. The molecule has 8 heteroatoms. The summed E-state index contributed by atoms with van der Waals surface area (Å²) in [4.78, 5) is 30.3. The summed E-state index contributed by atoms with van der Waals surface area (Å²) in [6.07, 6.45) is 5.12. The number of piperidine rings is 1. The first-order valence-electron chi connectivity index (χ1n) is 11.0. The number of amides is 1. The second-order valence-corrected chi connectivity index (χ2v) is 9.32. The first-order chi connectivity index (χ1) is 15.5. The number of H-pyrrole nitrogens is 1. The summed E-state index contributed by atoms with van der Waals surface area (Å²) in [7, 11) is 0. The zero-order chi connectivity index (χ0) is 22.5. The van der Waals surface area contributed by atoms with Crippen LogP contribution >= 0.6 is 11.9 Å². The van der Waals surface area contributed by atoms with Gasteiger partial charge in [-0.3, -0.25) is 14.9 Å². The lowest BCUT2D eigenvalue weighted by molar-refractivity contribution is -0.384. The Morgan fingerprint density at radius 1 is 1.25 bits per heavy atom. The average Bonchev–Trinajstić information content (AvgIpc) is 3.29. The fourth-order valence-electron chi connectivity index (χ4n) is 4.10. The molecule has 2 heterocycles. The van der Waals surface area contributed by atoms with E-state index in [-0.39, 0.29) is 22.6 Å². The van der Waals surface area contributed by atoms with E-state index in [1.807, 2.05) is 41.4 Å². The van der Waals surface area contributed by atoms with Crippen molar-refractivity contribution in [3.8, 4) is 0 Å². The Kier molecular flexibility index (Phi) is 7.12. The van der Waals surface area contributed by atoms with Crippen LogP contribution in [0.5, 0.6) is 0 Å². The first-order valence-corrected chi connectivity index (χ1v) is 11.8. The summed E-state index contributed by atoms with van der Waals surface area (Å²) in [5.74, 6) is 0.756. The lowest BCUT2D eigenvalue weighted by Gasteiger charge is -2.33. The van der Waals surface area contributed by atoms with Gasteiger partial charge in [-0.1, -0.05) is 25.1 Å². The van der Waals surface area contributed by atoms with Crippen molar-refractivity contribution in [2.24, 2.45) is 5.92 Å². The molecule has 3 aromatic rings. The minimum absolute atomic E-state index is 0.0804. The van der Waals surface area contributed by atoms with Crippen LogP contribution in [0.4, 0.5) is 5.69 Å². The molecular weight excluding hydrogens is 424 g/mol. The molecule has 1 aliphatic heterocycles. The van der Waals surface area contributed by atoms with Crippen LogP contribution in [0.15, 0.2) is 59.6 Å². The number of fused-ring (bicyclic) bond motifs is 1. The molecule has 1 aliphatic rings. The average molecular weight is 453 g/mol. The van der Waals surface area contributed by atoms with Crippen molar-refractivity contribution in [2.45, 2.75) is 43.5 Å². The van der Waals surface area contributed by atoms with Crippen LogP contribution in [0, 0.1) is 16.0 Å². The number of nitro groups is 1. The van der Waals surface area contributed by atoms with Crippen LogP contribution < -0.4 is 4.72 Å². The van der Waals surface area contributed by atoms with E-state index < -0.39 is 0 Å². The molecule has 7 nitrogen and oxygen atoms in total. The van der Waals surface area contributed by atoms with Gasteiger partial charge in [-0.2, -0.15) is 0 Å². The number of benzene rings is 2. The number of nitro benzene ring substituents is 1. The van der Waals surface area contributed by atoms with E-state index in [9.17, 15) is 14.9 Å². The third kappa shape index (κ3) is 5.31. The number of carbonyl (C=O) groups is 1. The van der Waals surface area contributed by atoms with Crippen LogP contribution in [0.2, 0.25) is 0 Å². The van der Waals surface area contributed by atoms with Crippen LogP contribution in [-0.4, -0.2) is 39.8 Å². The van der Waals surface area contributed by atoms with Crippen molar-refractivity contribution in [1.82, 2.24) is 14.6 Å². The number of aromatic nitrogens is 1. The number of aromatic amines is 1. The van der Waals surface area contributed by atoms with Gasteiger partial charge in [0, 0.05) is 47.2 Å². The van der Waals surface area contributed by atoms with Gasteiger partial charge in [0.05, 0.1) is 11.0 Å². The molecule has 0 saturated carbocycles. The Balaban J connectivity index is 1.48. The third-order valence-corrected chi connectivity index (χ3v) is 7.08. The van der Waals surface area contributed by atoms with Gasteiger partial charge in [-0.25, -0.2) is 4.72 Å². The molecule has 1 atom stereocenters. The number of hydrogen-bond acceptors (Lipinski definition) is 5. The molecule has 2 N–H and O–H groups in total. The number of hydrogen-bond donors (Lipinski definition) is 2. The van der Waals surface area contributed by atoms with Crippen LogP contribution in [0.25, 0.3) is 10.9 Å². The molecule has 2 aromatic carbocycles. The molecule has 1 saturated heterocycles. The minimum atomic E-state index is -0.382. The summed E-state index contributed by atoms with van der Waals surface area (Å²) in [5, 5.41) is 12.2. The number of rotatable bonds is 8. The predicted molar refractivity (Wildman–Crippen MR) is 127 cm³/mol. The second-order valence-electron chi connectivity index (χ2n) is 8.44. The van der Waals surface area contributed by atoms with Gasteiger partial charge in [0.25, 0.3) is 5.69 Å². The summed E-state index contributed by atoms with van der Waals surface area (Å²) in [6.45, 7) is 3.80. The molecule has 0 bridgehead atoms. The summed E-state index contributed by atoms with van der Waals surface area (Å²) < 4.78 is 3.41. The van der Waals surface area contributed by atoms with Gasteiger partial charge in [-0.15, -0.1) is 0 Å². The molecule has 1 amide bonds. The lowest BCUT2D eigenvalue weighted by Crippen LogP contribution is -2.47. The highest BCUT2D eigenvalue weighted by atomic mass is 32.2. The number of likely N-dealkylation sites (tertiary alicyclic amines) is 1. The SMILES string of the molecule is CC1CCN(C(=O)C(CCc2cccc([N+](=O)[O-])c2)NSc2cccc3[nH]ccc23)CC1. The van der Waals surface area contributed by atoms with Crippen molar-refractivity contribution in [2.75, 3.05) is 13.1 Å². The minimum Gasteiger partial charge on any atom is -0.361 e. The van der Waals surface area contributed by atoms with Gasteiger partial charge in [0.1, 0.15) is 0 Å². The molecule has 1 fully saturated rings. The molecule has 0 spiro atoms. The smallest absolute Gasteiger partial charge is 0.269 e. The Labute approximate surface area is 191 Å². The van der Waals surface area contributed by atoms with Crippen LogP contribution in [0.3, 0.4) is 0 Å². The van der Waals surface area contributed by atoms with Crippen molar-refractivity contribution >= 4 is 34.4 Å². The second kappa shape index (κ2) is 10.2. The Bertz CT molecular complexity index is 1090. The lowest BCUT2D eigenvalue weighted by atomic mass is 9.98. The van der Waals surface area contributed by atoms with Gasteiger partial charge in [-0.05, 0) is 67.3 Å². The highest BCUT2D eigenvalue weighted by molar-refractivity contribution is 7.97. The van der Waals surface area contributed by atoms with E-state index in [0.29, 0.717) is 18.8 Å². The summed E-state index contributed by atoms with van der Waals surface area (Å²) >= 11 is 1.47. The number of nitrogens with zero attached hydrogens (tertiary/aromatic N) is 2. The fraction of sp³-hybridized carbons (Fsp3) is 0.375. The maximum Gasteiger partial charge on any atom is 0.269 e. The molecule has 4 rings (SSSR count). The molecule has 1 unspecified atom stereocenters. The Hall–Kier alpha value is -2.84. The van der Waals surface area contributed by atoms with Crippen molar-refractivity contribution in [1.29, 1.82) is 0 Å². The van der Waals surface area contributed by atoms with E-state index in [2.05, 4.69) is 16.6 Å². The normalized spacial score (nSPS) is 15.7. The Morgan fingerprint density at radius 3 is 2.81 bits per heavy atom. The van der Waals surface area contributed by atoms with Crippen molar-refractivity contribution < 1.29 is 9.72 Å². The van der Waals surface area contributed by atoms with Crippen LogP contribution in [0.1, 0.15) is 31.7 Å². The number of carbonyl (C=O) groups excluding carboxylic acids is 1. The molecule has 32 heavy (non-hydrogen) atoms. The van der Waals surface area contributed by atoms with E-state index in [1.165, 1.54) is 18.0 Å². The van der Waals surface area contributed by atoms with Gasteiger partial charge in [0.15, 0.2) is 0 Å². The quantitative estimate of drug-likeness (QED) is 0.287. The maximum atomic E-state index is 13.4. The topological polar surface area (TPSA) is 91.3 Å². The van der Waals surface area contributed by atoms with E-state index in [1.54, 1.807) is 12.1 Å². The van der Waals surface area contributed by atoms with Gasteiger partial charge < -0.3 is 9.88 Å². The molecule has 0 radical (unpaired) electrons. The first kappa shape index (κ1) is 22.4. The predicted octanol–water partition coefficient (Wildman–Crippen LogP) is 4.93. The van der Waals surface area contributed by atoms with Gasteiger partial charge >= 0.3 is 0 Å². The monoisotopic (exact) mass is 452 g/mol. The number of nitrogens with one attached hydrogen (secondary N) is 2. The molecule has 1 aromatic heterocycles. The van der Waals surface area contributed by atoms with Crippen molar-refractivity contribution in [3.05, 3.63) is 70.4 Å². The summed E-state index contributed by atoms with van der Waals surface area (Å²) in [5.41, 5.74) is 2.00. The Morgan fingerprint density at radius 2 is 2.03 bits per heavy atom. The zero-order valence-corrected chi connectivity index (χ0v) is 18.9. The molecular formula is C24H28N4O3S.